The van der Waals surface area contributed by atoms with Crippen LogP contribution in [0.1, 0.15) is 23.7 Å². The quantitative estimate of drug-likeness (QED) is 0.898. The standard InChI is InChI=1S/C13H15F3N2O2/c1-8(7-13(14,15)16)18-12(19)9-3-2-4-10-11(9)20-6-5-17-10/h2-4,8,17H,5-7H2,1H3,(H,18,19). The minimum absolute atomic E-state index is 0.240. The Morgan fingerprint density at radius 1 is 1.50 bits per heavy atom. The number of halogens is 3. The van der Waals surface area contributed by atoms with Gasteiger partial charge in [-0.1, -0.05) is 6.07 Å². The largest absolute Gasteiger partial charge is 0.489 e. The fourth-order valence-corrected chi connectivity index (χ4v) is 2.05. The van der Waals surface area contributed by atoms with Gasteiger partial charge < -0.3 is 15.4 Å². The Labute approximate surface area is 114 Å². The maximum atomic E-state index is 12.2. The Morgan fingerprint density at radius 2 is 2.25 bits per heavy atom. The molecule has 0 aliphatic carbocycles. The van der Waals surface area contributed by atoms with E-state index in [1.54, 1.807) is 12.1 Å². The molecule has 2 N–H and O–H groups in total. The number of para-hydroxylation sites is 1. The summed E-state index contributed by atoms with van der Waals surface area (Å²) in [6.45, 7) is 2.36. The summed E-state index contributed by atoms with van der Waals surface area (Å²) < 4.78 is 42.2. The molecule has 0 bridgehead atoms. The zero-order chi connectivity index (χ0) is 14.8. The maximum Gasteiger partial charge on any atom is 0.391 e. The number of rotatable bonds is 3. The number of hydrogen-bond acceptors (Lipinski definition) is 3. The Hall–Kier alpha value is -1.92. The zero-order valence-corrected chi connectivity index (χ0v) is 10.9. The molecular weight excluding hydrogens is 273 g/mol. The molecule has 4 nitrogen and oxygen atoms in total. The molecule has 0 aromatic heterocycles. The van der Waals surface area contributed by atoms with Crippen molar-refractivity contribution in [2.45, 2.75) is 25.6 Å². The van der Waals surface area contributed by atoms with E-state index in [0.29, 0.717) is 24.6 Å². The predicted molar refractivity (Wildman–Crippen MR) is 68.0 cm³/mol. The van der Waals surface area contributed by atoms with Gasteiger partial charge in [0.15, 0.2) is 5.75 Å². The zero-order valence-electron chi connectivity index (χ0n) is 10.9. The van der Waals surface area contributed by atoms with E-state index in [-0.39, 0.29) is 5.56 Å². The summed E-state index contributed by atoms with van der Waals surface area (Å²) >= 11 is 0. The third-order valence-corrected chi connectivity index (χ3v) is 2.84. The van der Waals surface area contributed by atoms with Gasteiger partial charge in [-0.15, -0.1) is 0 Å². The molecule has 1 aliphatic heterocycles. The first-order valence-electron chi connectivity index (χ1n) is 6.24. The van der Waals surface area contributed by atoms with E-state index in [0.717, 1.165) is 0 Å². The van der Waals surface area contributed by atoms with Crippen LogP contribution in [-0.4, -0.2) is 31.3 Å². The number of carbonyl (C=O) groups is 1. The Morgan fingerprint density at radius 3 is 2.95 bits per heavy atom. The van der Waals surface area contributed by atoms with Crippen LogP contribution in [0, 0.1) is 0 Å². The molecule has 0 saturated carbocycles. The van der Waals surface area contributed by atoms with Crippen LogP contribution in [0.4, 0.5) is 18.9 Å². The van der Waals surface area contributed by atoms with Crippen LogP contribution in [0.3, 0.4) is 0 Å². The molecular formula is C13H15F3N2O2. The number of alkyl halides is 3. The number of carbonyl (C=O) groups excluding carboxylic acids is 1. The smallest absolute Gasteiger partial charge is 0.391 e. The highest BCUT2D eigenvalue weighted by atomic mass is 19.4. The first-order valence-corrected chi connectivity index (χ1v) is 6.24. The van der Waals surface area contributed by atoms with Crippen molar-refractivity contribution < 1.29 is 22.7 Å². The van der Waals surface area contributed by atoms with Crippen molar-refractivity contribution in [1.82, 2.24) is 5.32 Å². The van der Waals surface area contributed by atoms with Crippen LogP contribution in [0.2, 0.25) is 0 Å². The second-order valence-electron chi connectivity index (χ2n) is 4.65. The molecule has 1 aromatic carbocycles. The lowest BCUT2D eigenvalue weighted by Crippen LogP contribution is -2.36. The van der Waals surface area contributed by atoms with Crippen molar-refractivity contribution >= 4 is 11.6 Å². The van der Waals surface area contributed by atoms with Crippen molar-refractivity contribution in [2.75, 3.05) is 18.5 Å². The number of amides is 1. The Bertz CT molecular complexity index is 503. The third kappa shape index (κ3) is 3.55. The Balaban J connectivity index is 2.10. The van der Waals surface area contributed by atoms with Crippen LogP contribution in [0.15, 0.2) is 18.2 Å². The lowest BCUT2D eigenvalue weighted by molar-refractivity contribution is -0.138. The highest BCUT2D eigenvalue weighted by Crippen LogP contribution is 2.31. The molecule has 0 radical (unpaired) electrons. The van der Waals surface area contributed by atoms with E-state index in [1.807, 2.05) is 0 Å². The van der Waals surface area contributed by atoms with E-state index in [9.17, 15) is 18.0 Å². The number of ether oxygens (including phenoxy) is 1. The van der Waals surface area contributed by atoms with Gasteiger partial charge in [-0.3, -0.25) is 4.79 Å². The number of nitrogens with one attached hydrogen (secondary N) is 2. The van der Waals surface area contributed by atoms with Gasteiger partial charge in [0.2, 0.25) is 0 Å². The van der Waals surface area contributed by atoms with Crippen molar-refractivity contribution in [2.24, 2.45) is 0 Å². The number of hydrogen-bond donors (Lipinski definition) is 2. The van der Waals surface area contributed by atoms with Crippen LogP contribution in [0.25, 0.3) is 0 Å². The summed E-state index contributed by atoms with van der Waals surface area (Å²) in [7, 11) is 0. The molecule has 110 valence electrons. The van der Waals surface area contributed by atoms with Crippen molar-refractivity contribution in [3.8, 4) is 5.75 Å². The van der Waals surface area contributed by atoms with Gasteiger partial charge in [-0.2, -0.15) is 13.2 Å². The summed E-state index contributed by atoms with van der Waals surface area (Å²) in [6.07, 6.45) is -5.37. The van der Waals surface area contributed by atoms with Gasteiger partial charge in [0.25, 0.3) is 5.91 Å². The number of benzene rings is 1. The first kappa shape index (κ1) is 14.5. The summed E-state index contributed by atoms with van der Waals surface area (Å²) in [4.78, 5) is 12.0. The van der Waals surface area contributed by atoms with Crippen LogP contribution >= 0.6 is 0 Å². The number of anilines is 1. The monoisotopic (exact) mass is 288 g/mol. The minimum atomic E-state index is -4.30. The van der Waals surface area contributed by atoms with E-state index < -0.39 is 24.5 Å². The van der Waals surface area contributed by atoms with Crippen molar-refractivity contribution in [3.05, 3.63) is 23.8 Å². The topological polar surface area (TPSA) is 50.4 Å². The molecule has 20 heavy (non-hydrogen) atoms. The van der Waals surface area contributed by atoms with Crippen LogP contribution < -0.4 is 15.4 Å². The lowest BCUT2D eigenvalue weighted by atomic mass is 10.1. The fraction of sp³-hybridized carbons (Fsp3) is 0.462. The summed E-state index contributed by atoms with van der Waals surface area (Å²) in [5, 5.41) is 5.40. The maximum absolute atomic E-state index is 12.2. The highest BCUT2D eigenvalue weighted by Gasteiger charge is 2.31. The van der Waals surface area contributed by atoms with Gasteiger partial charge in [0.05, 0.1) is 17.7 Å². The molecule has 1 amide bonds. The molecule has 1 unspecified atom stereocenters. The summed E-state index contributed by atoms with van der Waals surface area (Å²) in [5.74, 6) is -0.183. The van der Waals surface area contributed by atoms with Crippen LogP contribution in [0.5, 0.6) is 5.75 Å². The molecule has 0 fully saturated rings. The second kappa shape index (κ2) is 5.60. The predicted octanol–water partition coefficient (Wildman–Crippen LogP) is 2.56. The van der Waals surface area contributed by atoms with E-state index in [2.05, 4.69) is 10.6 Å². The minimum Gasteiger partial charge on any atom is -0.489 e. The molecule has 1 aliphatic rings. The highest BCUT2D eigenvalue weighted by molar-refractivity contribution is 5.99. The van der Waals surface area contributed by atoms with E-state index >= 15 is 0 Å². The average Bonchev–Trinajstić information content (AvgIpc) is 2.35. The van der Waals surface area contributed by atoms with Gasteiger partial charge in [0.1, 0.15) is 6.61 Å². The molecule has 1 atom stereocenters. The normalized spacial score (nSPS) is 15.6. The molecule has 0 spiro atoms. The average molecular weight is 288 g/mol. The van der Waals surface area contributed by atoms with Gasteiger partial charge in [-0.05, 0) is 19.1 Å². The fourth-order valence-electron chi connectivity index (χ4n) is 2.05. The summed E-state index contributed by atoms with van der Waals surface area (Å²) in [6, 6.07) is 3.95. The SMILES string of the molecule is CC(CC(F)(F)F)NC(=O)c1cccc2c1OCCN2. The molecule has 1 aromatic rings. The molecule has 7 heteroatoms. The molecule has 2 rings (SSSR count). The lowest BCUT2D eigenvalue weighted by Gasteiger charge is -2.22. The van der Waals surface area contributed by atoms with E-state index in [4.69, 9.17) is 4.74 Å². The van der Waals surface area contributed by atoms with Gasteiger partial charge >= 0.3 is 6.18 Å². The number of fused-ring (bicyclic) bond motifs is 1. The van der Waals surface area contributed by atoms with Gasteiger partial charge in [-0.25, -0.2) is 0 Å². The van der Waals surface area contributed by atoms with E-state index in [1.165, 1.54) is 13.0 Å². The second-order valence-corrected chi connectivity index (χ2v) is 4.65. The van der Waals surface area contributed by atoms with Crippen LogP contribution in [-0.2, 0) is 0 Å². The van der Waals surface area contributed by atoms with Crippen molar-refractivity contribution in [3.63, 3.8) is 0 Å². The molecule has 0 saturated heterocycles. The van der Waals surface area contributed by atoms with Gasteiger partial charge in [0, 0.05) is 12.6 Å². The first-order chi connectivity index (χ1) is 9.37. The third-order valence-electron chi connectivity index (χ3n) is 2.84. The summed E-state index contributed by atoms with van der Waals surface area (Å²) in [5.41, 5.74) is 0.913. The van der Waals surface area contributed by atoms with Crippen molar-refractivity contribution in [1.29, 1.82) is 0 Å². The molecule has 1 heterocycles. The Kier molecular flexibility index (Phi) is 4.06.